The maximum atomic E-state index is 13.7. The van der Waals surface area contributed by atoms with E-state index in [-0.39, 0.29) is 5.56 Å². The Morgan fingerprint density at radius 1 is 1.03 bits per heavy atom. The number of aryl methyl sites for hydroxylation is 1. The molecule has 1 N–H and O–H groups in total. The molecule has 4 aromatic rings. The van der Waals surface area contributed by atoms with Gasteiger partial charge in [0.1, 0.15) is 11.6 Å². The van der Waals surface area contributed by atoms with Crippen molar-refractivity contribution in [3.8, 4) is 11.1 Å². The molecule has 1 aliphatic rings. The average molecular weight is 398 g/mol. The predicted octanol–water partition coefficient (Wildman–Crippen LogP) is 5.74. The van der Waals surface area contributed by atoms with Gasteiger partial charge in [-0.2, -0.15) is 0 Å². The lowest BCUT2D eigenvalue weighted by atomic mass is 9.95. The number of halogens is 1. The molecule has 2 heterocycles. The Balaban J connectivity index is 1.66. The molecule has 0 bridgehead atoms. The van der Waals surface area contributed by atoms with E-state index >= 15 is 0 Å². The van der Waals surface area contributed by atoms with E-state index in [1.807, 2.05) is 29.2 Å². The van der Waals surface area contributed by atoms with E-state index < -0.39 is 11.8 Å². The summed E-state index contributed by atoms with van der Waals surface area (Å²) in [6, 6.07) is 20.1. The number of carbonyl (C=O) groups is 1. The highest BCUT2D eigenvalue weighted by molar-refractivity contribution is 6.03. The van der Waals surface area contributed by atoms with Gasteiger partial charge in [0.05, 0.1) is 11.1 Å². The highest BCUT2D eigenvalue weighted by Gasteiger charge is 2.26. The summed E-state index contributed by atoms with van der Waals surface area (Å²) in [7, 11) is 0. The van der Waals surface area contributed by atoms with Crippen molar-refractivity contribution in [1.82, 2.24) is 4.98 Å². The van der Waals surface area contributed by atoms with Gasteiger partial charge in [-0.1, -0.05) is 36.4 Å². The number of rotatable bonds is 3. The Hall–Kier alpha value is -3.73. The number of fused-ring (bicyclic) bond motifs is 2. The van der Waals surface area contributed by atoms with Crippen LogP contribution in [0.4, 0.5) is 15.9 Å². The van der Waals surface area contributed by atoms with Crippen LogP contribution in [0.1, 0.15) is 21.5 Å². The van der Waals surface area contributed by atoms with Gasteiger partial charge in [-0.05, 0) is 65.9 Å². The molecule has 3 aromatic carbocycles. The maximum Gasteiger partial charge on any atom is 0.336 e. The van der Waals surface area contributed by atoms with Crippen LogP contribution in [-0.4, -0.2) is 22.6 Å². The molecule has 5 rings (SSSR count). The van der Waals surface area contributed by atoms with Gasteiger partial charge < -0.3 is 10.0 Å². The summed E-state index contributed by atoms with van der Waals surface area (Å²) in [5, 5.41) is 10.00. The highest BCUT2D eigenvalue weighted by Crippen LogP contribution is 2.40. The summed E-state index contributed by atoms with van der Waals surface area (Å²) in [6.07, 6.45) is 0.839. The molecule has 0 unspecified atom stereocenters. The second-order valence-corrected chi connectivity index (χ2v) is 7.51. The van der Waals surface area contributed by atoms with E-state index in [0.29, 0.717) is 23.3 Å². The van der Waals surface area contributed by atoms with Gasteiger partial charge in [-0.25, -0.2) is 14.2 Å². The van der Waals surface area contributed by atoms with Crippen molar-refractivity contribution < 1.29 is 14.3 Å². The van der Waals surface area contributed by atoms with Gasteiger partial charge in [-0.3, -0.25) is 0 Å². The van der Waals surface area contributed by atoms with E-state index in [9.17, 15) is 14.3 Å². The zero-order valence-corrected chi connectivity index (χ0v) is 16.4. The summed E-state index contributed by atoms with van der Waals surface area (Å²) in [6.45, 7) is 2.81. The fraction of sp³-hybridized carbons (Fsp3) is 0.120. The third-order valence-electron chi connectivity index (χ3n) is 5.73. The van der Waals surface area contributed by atoms with Crippen LogP contribution in [0.2, 0.25) is 0 Å². The minimum atomic E-state index is -1.10. The second kappa shape index (κ2) is 6.95. The van der Waals surface area contributed by atoms with E-state index in [4.69, 9.17) is 0 Å². The van der Waals surface area contributed by atoms with E-state index in [0.717, 1.165) is 12.1 Å². The average Bonchev–Trinajstić information content (AvgIpc) is 3.17. The number of aromatic nitrogens is 1. The number of nitrogens with zero attached hydrogens (tertiary/aromatic N) is 2. The molecule has 1 aromatic heterocycles. The second-order valence-electron chi connectivity index (χ2n) is 7.51. The lowest BCUT2D eigenvalue weighted by molar-refractivity contribution is 0.0699. The third-order valence-corrected chi connectivity index (χ3v) is 5.73. The summed E-state index contributed by atoms with van der Waals surface area (Å²) >= 11 is 0. The predicted molar refractivity (Wildman–Crippen MR) is 116 cm³/mol. The first-order chi connectivity index (χ1) is 14.5. The topological polar surface area (TPSA) is 53.4 Å². The van der Waals surface area contributed by atoms with Crippen LogP contribution in [0.15, 0.2) is 66.7 Å². The first-order valence-electron chi connectivity index (χ1n) is 9.82. The van der Waals surface area contributed by atoms with Crippen LogP contribution in [0.3, 0.4) is 0 Å². The van der Waals surface area contributed by atoms with E-state index in [2.05, 4.69) is 30.1 Å². The summed E-state index contributed by atoms with van der Waals surface area (Å²) in [5.74, 6) is -1.01. The Morgan fingerprint density at radius 3 is 2.63 bits per heavy atom. The minimum absolute atomic E-state index is 0.0537. The maximum absolute atomic E-state index is 13.7. The third kappa shape index (κ3) is 2.90. The number of hydrogen-bond acceptors (Lipinski definition) is 3. The van der Waals surface area contributed by atoms with Gasteiger partial charge in [0.15, 0.2) is 0 Å². The van der Waals surface area contributed by atoms with Crippen molar-refractivity contribution in [3.05, 3.63) is 89.2 Å². The van der Waals surface area contributed by atoms with Crippen LogP contribution < -0.4 is 4.90 Å². The molecular weight excluding hydrogens is 379 g/mol. The zero-order valence-electron chi connectivity index (χ0n) is 16.4. The molecule has 0 aliphatic carbocycles. The molecule has 148 valence electrons. The fourth-order valence-corrected chi connectivity index (χ4v) is 4.30. The SMILES string of the molecule is Cc1ccccc1-c1cccc2c1CCN2c1cc(C(=O)O)c2cc(F)ccc2n1. The standard InChI is InChI=1S/C25H19FN2O2/c1-15-5-2-3-6-17(15)18-7-4-8-23-19(18)11-12-28(23)24-14-21(25(29)30)20-13-16(26)9-10-22(20)27-24/h2-10,13-14H,11-12H2,1H3,(H,29,30). The summed E-state index contributed by atoms with van der Waals surface area (Å²) in [5.41, 5.74) is 6.38. The Labute approximate surface area is 173 Å². The smallest absolute Gasteiger partial charge is 0.336 e. The number of benzene rings is 3. The molecule has 0 radical (unpaired) electrons. The monoisotopic (exact) mass is 398 g/mol. The molecular formula is C25H19FN2O2. The number of hydrogen-bond donors (Lipinski definition) is 1. The van der Waals surface area contributed by atoms with Gasteiger partial charge in [0.25, 0.3) is 0 Å². The number of pyridine rings is 1. The number of carboxylic acids is 1. The minimum Gasteiger partial charge on any atom is -0.478 e. The fourth-order valence-electron chi connectivity index (χ4n) is 4.30. The molecule has 0 amide bonds. The zero-order chi connectivity index (χ0) is 20.8. The first kappa shape index (κ1) is 18.3. The molecule has 0 spiro atoms. The molecule has 0 atom stereocenters. The summed E-state index contributed by atoms with van der Waals surface area (Å²) in [4.78, 5) is 18.6. The van der Waals surface area contributed by atoms with Crippen molar-refractivity contribution >= 4 is 28.4 Å². The Kier molecular flexibility index (Phi) is 4.24. The molecule has 30 heavy (non-hydrogen) atoms. The first-order valence-corrected chi connectivity index (χ1v) is 9.82. The van der Waals surface area contributed by atoms with Crippen molar-refractivity contribution in [3.63, 3.8) is 0 Å². The molecule has 4 nitrogen and oxygen atoms in total. The van der Waals surface area contributed by atoms with Crippen LogP contribution in [0.25, 0.3) is 22.0 Å². The molecule has 1 aliphatic heterocycles. The van der Waals surface area contributed by atoms with Crippen LogP contribution >= 0.6 is 0 Å². The Morgan fingerprint density at radius 2 is 1.83 bits per heavy atom. The normalized spacial score (nSPS) is 12.9. The number of anilines is 2. The largest absolute Gasteiger partial charge is 0.478 e. The molecule has 0 fully saturated rings. The summed E-state index contributed by atoms with van der Waals surface area (Å²) < 4.78 is 13.7. The van der Waals surface area contributed by atoms with E-state index in [1.54, 1.807) is 6.07 Å². The van der Waals surface area contributed by atoms with Crippen molar-refractivity contribution in [1.29, 1.82) is 0 Å². The quantitative estimate of drug-likeness (QED) is 0.478. The van der Waals surface area contributed by atoms with Gasteiger partial charge in [-0.15, -0.1) is 0 Å². The molecule has 0 saturated heterocycles. The lowest BCUT2D eigenvalue weighted by Crippen LogP contribution is -2.16. The van der Waals surface area contributed by atoms with Gasteiger partial charge in [0.2, 0.25) is 0 Å². The van der Waals surface area contributed by atoms with Crippen LogP contribution in [-0.2, 0) is 6.42 Å². The molecule has 5 heteroatoms. The number of carboxylic acid groups (broad SMARTS) is 1. The van der Waals surface area contributed by atoms with Crippen LogP contribution in [0, 0.1) is 12.7 Å². The Bertz CT molecular complexity index is 1320. The van der Waals surface area contributed by atoms with E-state index in [1.165, 1.54) is 40.5 Å². The van der Waals surface area contributed by atoms with Crippen molar-refractivity contribution in [2.75, 3.05) is 11.4 Å². The lowest BCUT2D eigenvalue weighted by Gasteiger charge is -2.20. The molecule has 0 saturated carbocycles. The van der Waals surface area contributed by atoms with Gasteiger partial charge >= 0.3 is 5.97 Å². The highest BCUT2D eigenvalue weighted by atomic mass is 19.1. The van der Waals surface area contributed by atoms with Crippen molar-refractivity contribution in [2.24, 2.45) is 0 Å². The number of aromatic carboxylic acids is 1. The van der Waals surface area contributed by atoms with Crippen LogP contribution in [0.5, 0.6) is 0 Å². The van der Waals surface area contributed by atoms with Gasteiger partial charge in [0, 0.05) is 17.6 Å². The van der Waals surface area contributed by atoms with Crippen molar-refractivity contribution in [2.45, 2.75) is 13.3 Å².